The van der Waals surface area contributed by atoms with Gasteiger partial charge in [-0.2, -0.15) is 0 Å². The molecule has 0 unspecified atom stereocenters. The summed E-state index contributed by atoms with van der Waals surface area (Å²) in [5, 5.41) is 3.74. The third-order valence-corrected chi connectivity index (χ3v) is 3.59. The number of aromatic nitrogens is 1. The number of hydrogen-bond acceptors (Lipinski definition) is 3. The monoisotopic (exact) mass is 293 g/mol. The number of carbonyl (C=O) groups is 2. The SMILES string of the molecule is C=CC(=O)N1CC=C[C@H]1C(=O)Nc1cccc2ncccc12. The van der Waals surface area contributed by atoms with Crippen molar-refractivity contribution in [2.45, 2.75) is 6.04 Å². The molecule has 1 aliphatic heterocycles. The number of carbonyl (C=O) groups excluding carboxylic acids is 2. The summed E-state index contributed by atoms with van der Waals surface area (Å²) in [5.74, 6) is -0.509. The average molecular weight is 293 g/mol. The summed E-state index contributed by atoms with van der Waals surface area (Å²) >= 11 is 0. The normalized spacial score (nSPS) is 16.7. The first-order valence-corrected chi connectivity index (χ1v) is 6.95. The van der Waals surface area contributed by atoms with E-state index >= 15 is 0 Å². The van der Waals surface area contributed by atoms with Crippen molar-refractivity contribution in [1.29, 1.82) is 0 Å². The van der Waals surface area contributed by atoms with Crippen molar-refractivity contribution in [1.82, 2.24) is 9.88 Å². The van der Waals surface area contributed by atoms with Crippen molar-refractivity contribution >= 4 is 28.4 Å². The molecule has 1 aromatic heterocycles. The molecule has 1 atom stereocenters. The Hall–Kier alpha value is -2.95. The summed E-state index contributed by atoms with van der Waals surface area (Å²) in [6.07, 6.45) is 6.45. The molecule has 0 spiro atoms. The molecule has 0 radical (unpaired) electrons. The Labute approximate surface area is 127 Å². The molecule has 1 aromatic carbocycles. The molecular formula is C17H15N3O2. The van der Waals surface area contributed by atoms with Crippen LogP contribution in [-0.4, -0.2) is 34.3 Å². The molecule has 2 aromatic rings. The predicted molar refractivity (Wildman–Crippen MR) is 85.2 cm³/mol. The van der Waals surface area contributed by atoms with E-state index in [0.29, 0.717) is 12.2 Å². The minimum atomic E-state index is -0.613. The van der Waals surface area contributed by atoms with Gasteiger partial charge in [-0.25, -0.2) is 0 Å². The number of nitrogens with one attached hydrogen (secondary N) is 1. The Morgan fingerprint density at radius 3 is 3.00 bits per heavy atom. The van der Waals surface area contributed by atoms with E-state index in [1.54, 1.807) is 18.3 Å². The maximum atomic E-state index is 12.5. The summed E-state index contributed by atoms with van der Waals surface area (Å²) in [7, 11) is 0. The van der Waals surface area contributed by atoms with Crippen molar-refractivity contribution in [2.24, 2.45) is 0 Å². The standard InChI is InChI=1S/C17H15N3O2/c1-2-16(21)20-11-5-9-15(20)17(22)19-14-8-3-7-13-12(14)6-4-10-18-13/h2-10,15H,1,11H2,(H,19,22)/t15-/m0/s1. The number of fused-ring (bicyclic) bond motifs is 1. The Bertz CT molecular complexity index is 777. The molecular weight excluding hydrogens is 278 g/mol. The van der Waals surface area contributed by atoms with Gasteiger partial charge in [0.25, 0.3) is 5.91 Å². The summed E-state index contributed by atoms with van der Waals surface area (Å²) in [6, 6.07) is 8.64. The van der Waals surface area contributed by atoms with Crippen LogP contribution in [0.4, 0.5) is 5.69 Å². The lowest BCUT2D eigenvalue weighted by Crippen LogP contribution is -2.42. The topological polar surface area (TPSA) is 62.3 Å². The highest BCUT2D eigenvalue weighted by molar-refractivity contribution is 6.05. The van der Waals surface area contributed by atoms with E-state index in [1.807, 2.05) is 30.3 Å². The van der Waals surface area contributed by atoms with E-state index < -0.39 is 6.04 Å². The van der Waals surface area contributed by atoms with Crippen molar-refractivity contribution in [3.8, 4) is 0 Å². The van der Waals surface area contributed by atoms with Gasteiger partial charge in [0.1, 0.15) is 6.04 Å². The van der Waals surface area contributed by atoms with Crippen LogP contribution in [0.1, 0.15) is 0 Å². The zero-order valence-corrected chi connectivity index (χ0v) is 11.9. The molecule has 2 amide bonds. The van der Waals surface area contributed by atoms with Crippen molar-refractivity contribution < 1.29 is 9.59 Å². The second kappa shape index (κ2) is 5.81. The Morgan fingerprint density at radius 2 is 2.18 bits per heavy atom. The van der Waals surface area contributed by atoms with Crippen LogP contribution in [0.15, 0.2) is 61.3 Å². The Morgan fingerprint density at radius 1 is 1.32 bits per heavy atom. The highest BCUT2D eigenvalue weighted by atomic mass is 16.2. The van der Waals surface area contributed by atoms with Crippen LogP contribution in [0.25, 0.3) is 10.9 Å². The lowest BCUT2D eigenvalue weighted by atomic mass is 10.1. The molecule has 0 bridgehead atoms. The fraction of sp³-hybridized carbons (Fsp3) is 0.118. The van der Waals surface area contributed by atoms with Crippen molar-refractivity contribution in [3.05, 3.63) is 61.3 Å². The first-order chi connectivity index (χ1) is 10.7. The quantitative estimate of drug-likeness (QED) is 0.696. The molecule has 0 saturated heterocycles. The third-order valence-electron chi connectivity index (χ3n) is 3.59. The fourth-order valence-electron chi connectivity index (χ4n) is 2.51. The Balaban J connectivity index is 1.86. The van der Waals surface area contributed by atoms with Gasteiger partial charge >= 0.3 is 0 Å². The summed E-state index contributed by atoms with van der Waals surface area (Å²) in [5.41, 5.74) is 1.49. The first-order valence-electron chi connectivity index (χ1n) is 6.95. The second-order valence-electron chi connectivity index (χ2n) is 4.93. The van der Waals surface area contributed by atoms with Crippen LogP contribution in [0.3, 0.4) is 0 Å². The molecule has 0 saturated carbocycles. The molecule has 0 aliphatic carbocycles. The molecule has 5 nitrogen and oxygen atoms in total. The second-order valence-corrected chi connectivity index (χ2v) is 4.93. The first kappa shape index (κ1) is 14.0. The van der Waals surface area contributed by atoms with E-state index in [4.69, 9.17) is 0 Å². The fourth-order valence-corrected chi connectivity index (χ4v) is 2.51. The number of benzene rings is 1. The molecule has 0 fully saturated rings. The van der Waals surface area contributed by atoms with E-state index in [0.717, 1.165) is 10.9 Å². The van der Waals surface area contributed by atoms with Crippen LogP contribution in [0, 0.1) is 0 Å². The van der Waals surface area contributed by atoms with Crippen molar-refractivity contribution in [2.75, 3.05) is 11.9 Å². The lowest BCUT2D eigenvalue weighted by Gasteiger charge is -2.22. The molecule has 1 aliphatic rings. The zero-order chi connectivity index (χ0) is 15.5. The molecule has 110 valence electrons. The predicted octanol–water partition coefficient (Wildman–Crippen LogP) is 2.13. The van der Waals surface area contributed by atoms with Crippen LogP contribution in [-0.2, 0) is 9.59 Å². The molecule has 2 heterocycles. The lowest BCUT2D eigenvalue weighted by molar-refractivity contribution is -0.131. The highest BCUT2D eigenvalue weighted by Crippen LogP contribution is 2.22. The van der Waals surface area contributed by atoms with Gasteiger partial charge in [-0.1, -0.05) is 24.8 Å². The van der Waals surface area contributed by atoms with Crippen LogP contribution in [0.2, 0.25) is 0 Å². The summed E-state index contributed by atoms with van der Waals surface area (Å²) < 4.78 is 0. The van der Waals surface area contributed by atoms with Crippen LogP contribution in [0.5, 0.6) is 0 Å². The van der Waals surface area contributed by atoms with Gasteiger partial charge in [0.2, 0.25) is 5.91 Å². The van der Waals surface area contributed by atoms with Gasteiger partial charge in [0.05, 0.1) is 11.2 Å². The third kappa shape index (κ3) is 2.48. The molecule has 5 heteroatoms. The maximum Gasteiger partial charge on any atom is 0.251 e. The van der Waals surface area contributed by atoms with Gasteiger partial charge in [0.15, 0.2) is 0 Å². The van der Waals surface area contributed by atoms with E-state index in [-0.39, 0.29) is 11.8 Å². The highest BCUT2D eigenvalue weighted by Gasteiger charge is 2.29. The maximum absolute atomic E-state index is 12.5. The van der Waals surface area contributed by atoms with Gasteiger partial charge in [0, 0.05) is 18.1 Å². The average Bonchev–Trinajstić information content (AvgIpc) is 3.04. The zero-order valence-electron chi connectivity index (χ0n) is 11.9. The van der Waals surface area contributed by atoms with Crippen molar-refractivity contribution in [3.63, 3.8) is 0 Å². The van der Waals surface area contributed by atoms with Gasteiger partial charge in [-0.15, -0.1) is 0 Å². The molecule has 3 rings (SSSR count). The van der Waals surface area contributed by atoms with Crippen LogP contribution >= 0.6 is 0 Å². The number of amides is 2. The molecule has 1 N–H and O–H groups in total. The number of anilines is 1. The van der Waals surface area contributed by atoms with Gasteiger partial charge in [-0.3, -0.25) is 14.6 Å². The van der Waals surface area contributed by atoms with E-state index in [2.05, 4.69) is 16.9 Å². The van der Waals surface area contributed by atoms with E-state index in [9.17, 15) is 9.59 Å². The number of rotatable bonds is 3. The number of nitrogens with zero attached hydrogens (tertiary/aromatic N) is 2. The summed E-state index contributed by atoms with van der Waals surface area (Å²) in [6.45, 7) is 3.88. The molecule has 22 heavy (non-hydrogen) atoms. The van der Waals surface area contributed by atoms with Gasteiger partial charge in [-0.05, 0) is 30.3 Å². The van der Waals surface area contributed by atoms with Crippen LogP contribution < -0.4 is 5.32 Å². The number of pyridine rings is 1. The Kier molecular flexibility index (Phi) is 3.70. The largest absolute Gasteiger partial charge is 0.323 e. The number of hydrogen-bond donors (Lipinski definition) is 1. The van der Waals surface area contributed by atoms with Gasteiger partial charge < -0.3 is 10.2 Å². The minimum absolute atomic E-state index is 0.250. The van der Waals surface area contributed by atoms with E-state index in [1.165, 1.54) is 11.0 Å². The minimum Gasteiger partial charge on any atom is -0.323 e. The smallest absolute Gasteiger partial charge is 0.251 e. The summed E-state index contributed by atoms with van der Waals surface area (Å²) in [4.78, 5) is 30.0.